The van der Waals surface area contributed by atoms with Crippen LogP contribution in [-0.4, -0.2) is 39.7 Å². The molecule has 170 valence electrons. The molecule has 33 heavy (non-hydrogen) atoms. The Kier molecular flexibility index (Phi) is 6.53. The number of benzene rings is 2. The fourth-order valence-corrected chi connectivity index (χ4v) is 3.16. The normalized spacial score (nSPS) is 10.6. The highest BCUT2D eigenvalue weighted by Crippen LogP contribution is 2.36. The Bertz CT molecular complexity index is 1230. The summed E-state index contributed by atoms with van der Waals surface area (Å²) in [5.74, 6) is 0.760. The monoisotopic (exact) mass is 451 g/mol. The van der Waals surface area contributed by atoms with Gasteiger partial charge in [0.25, 0.3) is 5.91 Å². The smallest absolute Gasteiger partial charge is 0.276 e. The number of carbonyl (C=O) groups is 1. The third kappa shape index (κ3) is 5.12. The minimum atomic E-state index is -0.408. The van der Waals surface area contributed by atoms with E-state index >= 15 is 0 Å². The maximum absolute atomic E-state index is 13.8. The molecule has 0 atom stereocenters. The number of methoxy groups -OCH3 is 2. The van der Waals surface area contributed by atoms with Crippen LogP contribution in [0.2, 0.25) is 0 Å². The molecule has 4 rings (SSSR count). The molecule has 0 saturated heterocycles. The maximum Gasteiger partial charge on any atom is 0.276 e. The number of carbonyl (C=O) groups excluding carboxylic acids is 1. The molecule has 1 amide bonds. The van der Waals surface area contributed by atoms with E-state index in [0.717, 1.165) is 0 Å². The van der Waals surface area contributed by atoms with Crippen molar-refractivity contribution in [3.8, 4) is 17.2 Å². The van der Waals surface area contributed by atoms with Gasteiger partial charge in [-0.05, 0) is 24.3 Å². The number of amides is 1. The number of hydrogen-bond acceptors (Lipinski definition) is 6. The van der Waals surface area contributed by atoms with Gasteiger partial charge in [0.05, 0.1) is 32.6 Å². The van der Waals surface area contributed by atoms with Crippen LogP contribution in [0, 0.1) is 5.82 Å². The summed E-state index contributed by atoms with van der Waals surface area (Å²) < 4.78 is 33.2. The van der Waals surface area contributed by atoms with Crippen LogP contribution in [0.4, 0.5) is 10.1 Å². The van der Waals surface area contributed by atoms with E-state index in [2.05, 4.69) is 15.5 Å². The van der Waals surface area contributed by atoms with Gasteiger partial charge in [-0.15, -0.1) is 0 Å². The number of anilines is 1. The molecule has 2 heterocycles. The van der Waals surface area contributed by atoms with Crippen LogP contribution in [0.1, 0.15) is 16.1 Å². The maximum atomic E-state index is 13.8. The summed E-state index contributed by atoms with van der Waals surface area (Å²) in [6.07, 6.45) is 4.74. The Labute approximate surface area is 189 Å². The third-order valence-corrected chi connectivity index (χ3v) is 4.78. The van der Waals surface area contributed by atoms with Gasteiger partial charge >= 0.3 is 0 Å². The Morgan fingerprint density at radius 2 is 1.79 bits per heavy atom. The number of rotatable bonds is 9. The lowest BCUT2D eigenvalue weighted by Gasteiger charge is -2.13. The van der Waals surface area contributed by atoms with E-state index in [1.807, 2.05) is 0 Å². The molecule has 0 fully saturated rings. The van der Waals surface area contributed by atoms with Gasteiger partial charge in [-0.2, -0.15) is 10.2 Å². The highest BCUT2D eigenvalue weighted by Gasteiger charge is 2.14. The summed E-state index contributed by atoms with van der Waals surface area (Å²) in [6, 6.07) is 13.3. The highest BCUT2D eigenvalue weighted by atomic mass is 19.1. The first kappa shape index (κ1) is 21.9. The predicted molar refractivity (Wildman–Crippen MR) is 118 cm³/mol. The molecular weight excluding hydrogens is 429 g/mol. The van der Waals surface area contributed by atoms with Crippen molar-refractivity contribution in [1.29, 1.82) is 0 Å². The summed E-state index contributed by atoms with van der Waals surface area (Å²) in [7, 11) is 3.08. The van der Waals surface area contributed by atoms with Crippen LogP contribution in [0.25, 0.3) is 0 Å². The topological polar surface area (TPSA) is 92.4 Å². The Morgan fingerprint density at radius 3 is 2.52 bits per heavy atom. The zero-order valence-corrected chi connectivity index (χ0v) is 18.1. The fourth-order valence-electron chi connectivity index (χ4n) is 3.16. The van der Waals surface area contributed by atoms with Crippen molar-refractivity contribution >= 4 is 11.6 Å². The van der Waals surface area contributed by atoms with Gasteiger partial charge in [0.15, 0.2) is 23.9 Å². The highest BCUT2D eigenvalue weighted by molar-refractivity contribution is 6.02. The molecule has 0 bridgehead atoms. The van der Waals surface area contributed by atoms with Crippen LogP contribution < -0.4 is 19.5 Å². The van der Waals surface area contributed by atoms with Gasteiger partial charge in [0.2, 0.25) is 5.75 Å². The molecule has 0 saturated carbocycles. The number of hydrogen-bond donors (Lipinski definition) is 1. The molecule has 1 N–H and O–H groups in total. The summed E-state index contributed by atoms with van der Waals surface area (Å²) >= 11 is 0. The second-order valence-electron chi connectivity index (χ2n) is 6.98. The molecule has 2 aromatic heterocycles. The first-order valence-electron chi connectivity index (χ1n) is 10.0. The molecule has 4 aromatic rings. The fraction of sp³-hybridized carbons (Fsp3) is 0.174. The van der Waals surface area contributed by atoms with Gasteiger partial charge in [-0.1, -0.05) is 24.3 Å². The van der Waals surface area contributed by atoms with Crippen LogP contribution in [0.15, 0.2) is 67.1 Å². The third-order valence-electron chi connectivity index (χ3n) is 4.78. The van der Waals surface area contributed by atoms with E-state index in [1.165, 1.54) is 31.2 Å². The predicted octanol–water partition coefficient (Wildman–Crippen LogP) is 3.57. The zero-order chi connectivity index (χ0) is 23.2. The van der Waals surface area contributed by atoms with Crippen LogP contribution >= 0.6 is 0 Å². The van der Waals surface area contributed by atoms with Gasteiger partial charge in [-0.3, -0.25) is 9.48 Å². The lowest BCUT2D eigenvalue weighted by molar-refractivity contribution is 0.102. The standard InChI is InChI=1S/C23H22FN5O4/c1-31-20-8-5-9-21(32-2)22(20)33-15-28-11-10-19(27-28)23(30)26-17-12-25-29(14-17)13-16-6-3-4-7-18(16)24/h3-12,14H,13,15H2,1-2H3,(H,26,30). The van der Waals surface area contributed by atoms with Crippen molar-refractivity contribution in [2.45, 2.75) is 13.3 Å². The van der Waals surface area contributed by atoms with Crippen molar-refractivity contribution in [2.75, 3.05) is 19.5 Å². The lowest BCUT2D eigenvalue weighted by Crippen LogP contribution is -2.14. The Morgan fingerprint density at radius 1 is 1.03 bits per heavy atom. The molecule has 0 unspecified atom stereocenters. The first-order valence-corrected chi connectivity index (χ1v) is 10.0. The SMILES string of the molecule is COc1cccc(OC)c1OCn1ccc(C(=O)Nc2cnn(Cc3ccccc3F)c2)n1. The minimum Gasteiger partial charge on any atom is -0.493 e. The molecule has 0 aliphatic heterocycles. The molecular formula is C23H22FN5O4. The van der Waals surface area contributed by atoms with Crippen molar-refractivity contribution < 1.29 is 23.4 Å². The summed E-state index contributed by atoms with van der Waals surface area (Å²) in [4.78, 5) is 12.6. The van der Waals surface area contributed by atoms with Gasteiger partial charge < -0.3 is 19.5 Å². The van der Waals surface area contributed by atoms with Crippen molar-refractivity contribution in [3.63, 3.8) is 0 Å². The lowest BCUT2D eigenvalue weighted by atomic mass is 10.2. The van der Waals surface area contributed by atoms with E-state index in [-0.39, 0.29) is 24.8 Å². The zero-order valence-electron chi connectivity index (χ0n) is 18.1. The van der Waals surface area contributed by atoms with E-state index in [0.29, 0.717) is 28.5 Å². The molecule has 9 nitrogen and oxygen atoms in total. The Balaban J connectivity index is 1.37. The van der Waals surface area contributed by atoms with E-state index < -0.39 is 5.91 Å². The number of ether oxygens (including phenoxy) is 3. The van der Waals surface area contributed by atoms with Crippen molar-refractivity contribution in [2.24, 2.45) is 0 Å². The van der Waals surface area contributed by atoms with Crippen LogP contribution in [0.5, 0.6) is 17.2 Å². The second kappa shape index (κ2) is 9.86. The van der Waals surface area contributed by atoms with Gasteiger partial charge in [0, 0.05) is 18.0 Å². The number of nitrogens with zero attached hydrogens (tertiary/aromatic N) is 4. The minimum absolute atomic E-state index is 0.0462. The van der Waals surface area contributed by atoms with Crippen molar-refractivity contribution in [3.05, 3.63) is 84.2 Å². The van der Waals surface area contributed by atoms with Crippen molar-refractivity contribution in [1.82, 2.24) is 19.6 Å². The summed E-state index contributed by atoms with van der Waals surface area (Å²) in [5, 5.41) is 11.1. The number of aromatic nitrogens is 4. The van der Waals surface area contributed by atoms with E-state index in [9.17, 15) is 9.18 Å². The largest absolute Gasteiger partial charge is 0.493 e. The molecule has 2 aromatic carbocycles. The van der Waals surface area contributed by atoms with E-state index in [4.69, 9.17) is 14.2 Å². The summed E-state index contributed by atoms with van der Waals surface area (Å²) in [5.41, 5.74) is 1.18. The average molecular weight is 451 g/mol. The van der Waals surface area contributed by atoms with Crippen LogP contribution in [-0.2, 0) is 13.3 Å². The van der Waals surface area contributed by atoms with E-state index in [1.54, 1.807) is 59.5 Å². The molecule has 0 aliphatic rings. The number of para-hydroxylation sites is 1. The Hall–Kier alpha value is -4.34. The molecule has 0 spiro atoms. The van der Waals surface area contributed by atoms with Gasteiger partial charge in [0.1, 0.15) is 5.82 Å². The number of nitrogens with one attached hydrogen (secondary N) is 1. The quantitative estimate of drug-likeness (QED) is 0.418. The molecule has 0 radical (unpaired) electrons. The average Bonchev–Trinajstić information content (AvgIpc) is 3.48. The first-order chi connectivity index (χ1) is 16.1. The molecule has 10 heteroatoms. The summed E-state index contributed by atoms with van der Waals surface area (Å²) in [6.45, 7) is 0.297. The second-order valence-corrected chi connectivity index (χ2v) is 6.98. The molecule has 0 aliphatic carbocycles. The van der Waals surface area contributed by atoms with Gasteiger partial charge in [-0.25, -0.2) is 9.07 Å². The van der Waals surface area contributed by atoms with Crippen LogP contribution in [0.3, 0.4) is 0 Å². The number of halogens is 1.